The summed E-state index contributed by atoms with van der Waals surface area (Å²) >= 11 is 0. The zero-order valence-electron chi connectivity index (χ0n) is 22.8. The van der Waals surface area contributed by atoms with Gasteiger partial charge in [-0.25, -0.2) is 9.18 Å². The first-order valence-corrected chi connectivity index (χ1v) is 13.6. The molecule has 6 rings (SSSR count). The van der Waals surface area contributed by atoms with E-state index in [2.05, 4.69) is 31.9 Å². The summed E-state index contributed by atoms with van der Waals surface area (Å²) < 4.78 is 21.1. The standard InChI is InChI=1S/C31H34FN5O3/c1-35-26-16-24(40-2)9-10-25(26)28-29(35)27(19-38)37(30(39)34-23-7-5-22(32)6-8-23)20-31(28)11-14-36(15-12-31)18-21-4-3-13-33-17-21/h3-10,13,16-17,27,38H,11-12,14-15,18-20H2,1-2H3,(H,34,39)/t27-/m0/s1. The molecule has 0 radical (unpaired) electrons. The Balaban J connectivity index is 1.39. The Kier molecular flexibility index (Phi) is 6.93. The van der Waals surface area contributed by atoms with Crippen LogP contribution in [0, 0.1) is 5.82 Å². The highest BCUT2D eigenvalue weighted by Crippen LogP contribution is 2.50. The molecule has 0 saturated carbocycles. The first kappa shape index (κ1) is 26.3. The van der Waals surface area contributed by atoms with Crippen LogP contribution in [0.3, 0.4) is 0 Å². The quantitative estimate of drug-likeness (QED) is 0.377. The first-order chi connectivity index (χ1) is 19.4. The lowest BCUT2D eigenvalue weighted by Crippen LogP contribution is -2.56. The number of anilines is 1. The van der Waals surface area contributed by atoms with Gasteiger partial charge in [-0.3, -0.25) is 9.88 Å². The molecule has 1 fully saturated rings. The Labute approximate surface area is 233 Å². The lowest BCUT2D eigenvalue weighted by molar-refractivity contribution is 0.0692. The number of piperidine rings is 1. The van der Waals surface area contributed by atoms with Crippen molar-refractivity contribution in [2.75, 3.05) is 38.7 Å². The third-order valence-electron chi connectivity index (χ3n) is 8.62. The molecule has 0 unspecified atom stereocenters. The molecule has 0 aliphatic carbocycles. The van der Waals surface area contributed by atoms with Crippen molar-refractivity contribution >= 4 is 22.6 Å². The van der Waals surface area contributed by atoms with Gasteiger partial charge < -0.3 is 24.6 Å². The summed E-state index contributed by atoms with van der Waals surface area (Å²) in [6.45, 7) is 2.84. The molecule has 40 heavy (non-hydrogen) atoms. The lowest BCUT2D eigenvalue weighted by atomic mass is 9.68. The SMILES string of the molecule is COc1ccc2c3c(n(C)c2c1)[C@H](CO)N(C(=O)Nc1ccc(F)cc1)CC31CCN(Cc2cccnc2)CC1. The number of pyridine rings is 1. The van der Waals surface area contributed by atoms with Crippen LogP contribution < -0.4 is 10.1 Å². The summed E-state index contributed by atoms with van der Waals surface area (Å²) in [5.41, 5.74) is 4.59. The van der Waals surface area contributed by atoms with Crippen LogP contribution in [-0.2, 0) is 19.0 Å². The van der Waals surface area contributed by atoms with E-state index < -0.39 is 6.04 Å². The number of nitrogens with one attached hydrogen (secondary N) is 1. The van der Waals surface area contributed by atoms with E-state index in [1.807, 2.05) is 31.4 Å². The van der Waals surface area contributed by atoms with Gasteiger partial charge in [0.15, 0.2) is 0 Å². The van der Waals surface area contributed by atoms with E-state index in [-0.39, 0.29) is 23.9 Å². The second-order valence-electron chi connectivity index (χ2n) is 10.9. The molecule has 8 nitrogen and oxygen atoms in total. The van der Waals surface area contributed by atoms with Crippen LogP contribution >= 0.6 is 0 Å². The fraction of sp³-hybridized carbons (Fsp3) is 0.355. The Bertz CT molecular complexity index is 1510. The molecule has 2 aliphatic heterocycles. The van der Waals surface area contributed by atoms with Gasteiger partial charge in [0.25, 0.3) is 0 Å². The Morgan fingerprint density at radius 3 is 2.62 bits per heavy atom. The molecule has 0 bridgehead atoms. The van der Waals surface area contributed by atoms with Gasteiger partial charge in [0.2, 0.25) is 0 Å². The number of hydrogen-bond donors (Lipinski definition) is 2. The number of aliphatic hydroxyl groups is 1. The number of methoxy groups -OCH3 is 1. The van der Waals surface area contributed by atoms with Gasteiger partial charge in [0.1, 0.15) is 11.6 Å². The Hall–Kier alpha value is -3.95. The zero-order chi connectivity index (χ0) is 27.9. The number of aliphatic hydroxyl groups excluding tert-OH is 1. The number of likely N-dealkylation sites (tertiary alicyclic amines) is 1. The number of amides is 2. The van der Waals surface area contributed by atoms with Gasteiger partial charge >= 0.3 is 6.03 Å². The smallest absolute Gasteiger partial charge is 0.322 e. The number of carbonyl (C=O) groups excluding carboxylic acids is 1. The van der Waals surface area contributed by atoms with Crippen molar-refractivity contribution in [3.8, 4) is 5.75 Å². The molecule has 2 aromatic heterocycles. The molecule has 4 aromatic rings. The minimum absolute atomic E-state index is 0.214. The lowest BCUT2D eigenvalue weighted by Gasteiger charge is -2.50. The molecule has 9 heteroatoms. The van der Waals surface area contributed by atoms with Crippen LogP contribution in [0.25, 0.3) is 10.9 Å². The molecule has 1 atom stereocenters. The third kappa shape index (κ3) is 4.59. The van der Waals surface area contributed by atoms with Crippen LogP contribution in [0.4, 0.5) is 14.9 Å². The van der Waals surface area contributed by atoms with E-state index in [4.69, 9.17) is 4.74 Å². The molecule has 2 aromatic carbocycles. The van der Waals surface area contributed by atoms with Gasteiger partial charge in [-0.1, -0.05) is 6.07 Å². The highest BCUT2D eigenvalue weighted by Gasteiger charge is 2.49. The minimum atomic E-state index is -0.530. The van der Waals surface area contributed by atoms with Crippen molar-refractivity contribution in [3.63, 3.8) is 0 Å². The third-order valence-corrected chi connectivity index (χ3v) is 8.62. The van der Waals surface area contributed by atoms with Crippen LogP contribution in [0.15, 0.2) is 67.0 Å². The summed E-state index contributed by atoms with van der Waals surface area (Å²) in [5.74, 6) is 0.397. The maximum absolute atomic E-state index is 13.8. The zero-order valence-corrected chi connectivity index (χ0v) is 22.8. The van der Waals surface area contributed by atoms with Crippen LogP contribution in [-0.4, -0.2) is 63.8 Å². The summed E-state index contributed by atoms with van der Waals surface area (Å²) in [5, 5.41) is 14.7. The van der Waals surface area contributed by atoms with Gasteiger partial charge in [0, 0.05) is 60.8 Å². The van der Waals surface area contributed by atoms with Crippen molar-refractivity contribution in [1.82, 2.24) is 19.4 Å². The molecule has 2 amide bonds. The maximum atomic E-state index is 13.8. The van der Waals surface area contributed by atoms with Crippen molar-refractivity contribution in [2.24, 2.45) is 7.05 Å². The van der Waals surface area contributed by atoms with Gasteiger partial charge in [0.05, 0.1) is 25.3 Å². The number of nitrogens with zero attached hydrogens (tertiary/aromatic N) is 4. The summed E-state index contributed by atoms with van der Waals surface area (Å²) in [7, 11) is 3.65. The predicted molar refractivity (Wildman–Crippen MR) is 152 cm³/mol. The number of carbonyl (C=O) groups is 1. The van der Waals surface area contributed by atoms with E-state index in [9.17, 15) is 14.3 Å². The molecule has 2 aliphatic rings. The highest BCUT2D eigenvalue weighted by molar-refractivity contribution is 5.92. The Morgan fingerprint density at radius 1 is 1.18 bits per heavy atom. The van der Waals surface area contributed by atoms with Crippen LogP contribution in [0.1, 0.15) is 35.7 Å². The van der Waals surface area contributed by atoms with Gasteiger partial charge in [-0.15, -0.1) is 0 Å². The topological polar surface area (TPSA) is 82.9 Å². The fourth-order valence-corrected chi connectivity index (χ4v) is 6.60. The number of fused-ring (bicyclic) bond motifs is 4. The summed E-state index contributed by atoms with van der Waals surface area (Å²) in [6.07, 6.45) is 5.43. The molecule has 1 spiro atoms. The number of benzene rings is 2. The number of halogens is 1. The molecule has 1 saturated heterocycles. The van der Waals surface area contributed by atoms with Crippen LogP contribution in [0.2, 0.25) is 0 Å². The van der Waals surface area contributed by atoms with Crippen LogP contribution in [0.5, 0.6) is 5.75 Å². The number of urea groups is 1. The fourth-order valence-electron chi connectivity index (χ4n) is 6.60. The number of aromatic nitrogens is 2. The molecule has 2 N–H and O–H groups in total. The molecule has 4 heterocycles. The number of rotatable bonds is 5. The van der Waals surface area contributed by atoms with E-state index in [1.54, 1.807) is 30.3 Å². The largest absolute Gasteiger partial charge is 0.497 e. The van der Waals surface area contributed by atoms with E-state index in [0.717, 1.165) is 54.8 Å². The van der Waals surface area contributed by atoms with Crippen molar-refractivity contribution in [2.45, 2.75) is 30.8 Å². The average Bonchev–Trinajstić information content (AvgIpc) is 3.28. The monoisotopic (exact) mass is 543 g/mol. The average molecular weight is 544 g/mol. The summed E-state index contributed by atoms with van der Waals surface area (Å²) in [6, 6.07) is 15.1. The minimum Gasteiger partial charge on any atom is -0.497 e. The van der Waals surface area contributed by atoms with Gasteiger partial charge in [-0.2, -0.15) is 0 Å². The predicted octanol–water partition coefficient (Wildman–Crippen LogP) is 4.84. The Morgan fingerprint density at radius 2 is 1.95 bits per heavy atom. The van der Waals surface area contributed by atoms with Crippen molar-refractivity contribution in [3.05, 3.63) is 89.6 Å². The van der Waals surface area contributed by atoms with Crippen molar-refractivity contribution in [1.29, 1.82) is 0 Å². The number of aryl methyl sites for hydroxylation is 1. The normalized spacial score (nSPS) is 18.6. The van der Waals surface area contributed by atoms with Gasteiger partial charge in [-0.05, 0) is 79.5 Å². The summed E-state index contributed by atoms with van der Waals surface area (Å²) in [4.78, 5) is 22.2. The second-order valence-corrected chi connectivity index (χ2v) is 10.9. The second kappa shape index (κ2) is 10.6. The molecule has 208 valence electrons. The van der Waals surface area contributed by atoms with E-state index >= 15 is 0 Å². The molecular formula is C31H34FN5O3. The number of ether oxygens (including phenoxy) is 1. The van der Waals surface area contributed by atoms with E-state index in [1.165, 1.54) is 23.3 Å². The highest BCUT2D eigenvalue weighted by atomic mass is 19.1. The molecular weight excluding hydrogens is 509 g/mol. The number of hydrogen-bond acceptors (Lipinski definition) is 5. The van der Waals surface area contributed by atoms with Crippen molar-refractivity contribution < 1.29 is 19.0 Å². The van der Waals surface area contributed by atoms with E-state index in [0.29, 0.717) is 12.2 Å². The maximum Gasteiger partial charge on any atom is 0.322 e. The first-order valence-electron chi connectivity index (χ1n) is 13.6.